The molecule has 0 unspecified atom stereocenters. The molecule has 1 amide bonds. The monoisotopic (exact) mass is 388 g/mol. The number of pyridine rings is 1. The summed E-state index contributed by atoms with van der Waals surface area (Å²) in [6, 6.07) is 11.5. The average molecular weight is 388 g/mol. The molecule has 4 rings (SSSR count). The number of amides is 1. The molecule has 0 aliphatic heterocycles. The first kappa shape index (κ1) is 18.9. The van der Waals surface area contributed by atoms with Crippen molar-refractivity contribution < 1.29 is 4.79 Å². The number of nitrogens with zero attached hydrogens (tertiary/aromatic N) is 5. The van der Waals surface area contributed by atoms with Gasteiger partial charge in [-0.2, -0.15) is 10.2 Å². The quantitative estimate of drug-likeness (QED) is 0.492. The second-order valence-electron chi connectivity index (χ2n) is 6.91. The smallest absolute Gasteiger partial charge is 0.252 e. The van der Waals surface area contributed by atoms with Crippen LogP contribution in [0.1, 0.15) is 29.4 Å². The van der Waals surface area contributed by atoms with Crippen LogP contribution in [0.25, 0.3) is 22.2 Å². The molecule has 7 heteroatoms. The Morgan fingerprint density at radius 1 is 1.17 bits per heavy atom. The molecule has 0 spiro atoms. The third-order valence-corrected chi connectivity index (χ3v) is 5.05. The Bertz CT molecular complexity index is 1130. The van der Waals surface area contributed by atoms with Gasteiger partial charge in [0.25, 0.3) is 5.91 Å². The summed E-state index contributed by atoms with van der Waals surface area (Å²) in [7, 11) is 0. The number of para-hydroxylation sites is 1. The van der Waals surface area contributed by atoms with Crippen molar-refractivity contribution in [2.24, 2.45) is 0 Å². The Morgan fingerprint density at radius 2 is 2.03 bits per heavy atom. The van der Waals surface area contributed by atoms with E-state index in [4.69, 9.17) is 4.98 Å². The van der Waals surface area contributed by atoms with E-state index >= 15 is 0 Å². The lowest BCUT2D eigenvalue weighted by atomic mass is 10.0. The van der Waals surface area contributed by atoms with E-state index < -0.39 is 0 Å². The molecule has 3 heterocycles. The van der Waals surface area contributed by atoms with E-state index in [-0.39, 0.29) is 5.91 Å². The predicted octanol–water partition coefficient (Wildman–Crippen LogP) is 3.44. The van der Waals surface area contributed by atoms with Gasteiger partial charge in [0, 0.05) is 48.7 Å². The van der Waals surface area contributed by atoms with E-state index in [1.807, 2.05) is 65.1 Å². The van der Waals surface area contributed by atoms with Gasteiger partial charge < -0.3 is 5.32 Å². The lowest BCUT2D eigenvalue weighted by Crippen LogP contribution is -2.25. The molecule has 148 valence electrons. The van der Waals surface area contributed by atoms with Crippen LogP contribution in [0.3, 0.4) is 0 Å². The Hall–Kier alpha value is -3.48. The van der Waals surface area contributed by atoms with Crippen LogP contribution >= 0.6 is 0 Å². The van der Waals surface area contributed by atoms with Crippen LogP contribution < -0.4 is 5.32 Å². The van der Waals surface area contributed by atoms with E-state index in [2.05, 4.69) is 22.4 Å². The molecule has 0 atom stereocenters. The van der Waals surface area contributed by atoms with Gasteiger partial charge >= 0.3 is 0 Å². The third-order valence-electron chi connectivity index (χ3n) is 5.05. The molecular weight excluding hydrogens is 364 g/mol. The maximum absolute atomic E-state index is 13.0. The zero-order valence-electron chi connectivity index (χ0n) is 16.7. The minimum Gasteiger partial charge on any atom is -0.352 e. The highest BCUT2D eigenvalue weighted by molar-refractivity contribution is 6.07. The first-order valence-electron chi connectivity index (χ1n) is 9.85. The number of aryl methyl sites for hydroxylation is 2. The molecule has 0 radical (unpaired) electrons. The fourth-order valence-electron chi connectivity index (χ4n) is 3.49. The highest BCUT2D eigenvalue weighted by Crippen LogP contribution is 2.27. The van der Waals surface area contributed by atoms with E-state index in [1.165, 1.54) is 0 Å². The summed E-state index contributed by atoms with van der Waals surface area (Å²) in [5.41, 5.74) is 4.19. The van der Waals surface area contributed by atoms with Gasteiger partial charge in [0.1, 0.15) is 0 Å². The SMILES string of the molecule is CCn1ncc(-c2cc(C(=O)NCCCn3cccn3)c3ccccc3n2)c1C. The average Bonchev–Trinajstić information content (AvgIpc) is 3.39. The van der Waals surface area contributed by atoms with E-state index in [0.29, 0.717) is 12.1 Å². The van der Waals surface area contributed by atoms with Crippen LogP contribution in [0.5, 0.6) is 0 Å². The summed E-state index contributed by atoms with van der Waals surface area (Å²) in [5, 5.41) is 12.5. The minimum absolute atomic E-state index is 0.0918. The van der Waals surface area contributed by atoms with Gasteiger partial charge in [0.15, 0.2) is 0 Å². The number of nitrogens with one attached hydrogen (secondary N) is 1. The fraction of sp³-hybridized carbons (Fsp3) is 0.273. The van der Waals surface area contributed by atoms with Gasteiger partial charge in [0.05, 0.1) is 23.0 Å². The number of aromatic nitrogens is 5. The highest BCUT2D eigenvalue weighted by Gasteiger charge is 2.16. The van der Waals surface area contributed by atoms with Crippen molar-refractivity contribution in [3.05, 3.63) is 66.2 Å². The minimum atomic E-state index is -0.0918. The van der Waals surface area contributed by atoms with Crippen LogP contribution in [0.15, 0.2) is 55.0 Å². The molecule has 4 aromatic rings. The summed E-state index contributed by atoms with van der Waals surface area (Å²) in [4.78, 5) is 17.7. The van der Waals surface area contributed by atoms with Crippen LogP contribution in [0, 0.1) is 6.92 Å². The van der Waals surface area contributed by atoms with Gasteiger partial charge in [-0.25, -0.2) is 4.98 Å². The number of fused-ring (bicyclic) bond motifs is 1. The Kier molecular flexibility index (Phi) is 5.37. The van der Waals surface area contributed by atoms with Crippen LogP contribution in [0.2, 0.25) is 0 Å². The van der Waals surface area contributed by atoms with Crippen LogP contribution in [-0.2, 0) is 13.1 Å². The lowest BCUT2D eigenvalue weighted by Gasteiger charge is -2.11. The van der Waals surface area contributed by atoms with Crippen molar-refractivity contribution in [3.8, 4) is 11.3 Å². The summed E-state index contributed by atoms with van der Waals surface area (Å²) < 4.78 is 3.79. The molecule has 1 N–H and O–H groups in total. The summed E-state index contributed by atoms with van der Waals surface area (Å²) in [6.07, 6.45) is 6.31. The molecule has 0 fully saturated rings. The topological polar surface area (TPSA) is 77.6 Å². The van der Waals surface area contributed by atoms with E-state index in [9.17, 15) is 4.79 Å². The fourth-order valence-corrected chi connectivity index (χ4v) is 3.49. The van der Waals surface area contributed by atoms with Crippen molar-refractivity contribution in [1.82, 2.24) is 29.9 Å². The van der Waals surface area contributed by atoms with E-state index in [0.717, 1.165) is 47.4 Å². The summed E-state index contributed by atoms with van der Waals surface area (Å²) >= 11 is 0. The molecule has 29 heavy (non-hydrogen) atoms. The van der Waals surface area contributed by atoms with E-state index in [1.54, 1.807) is 6.20 Å². The van der Waals surface area contributed by atoms with Gasteiger partial charge in [0.2, 0.25) is 0 Å². The molecule has 0 aliphatic rings. The molecule has 0 saturated carbocycles. The van der Waals surface area contributed by atoms with Gasteiger partial charge in [-0.05, 0) is 38.5 Å². The Morgan fingerprint density at radius 3 is 2.79 bits per heavy atom. The molecule has 0 saturated heterocycles. The van der Waals surface area contributed by atoms with Gasteiger partial charge in [-0.3, -0.25) is 14.2 Å². The molecule has 7 nitrogen and oxygen atoms in total. The number of carbonyl (C=O) groups excluding carboxylic acids is 1. The Labute approximate surface area is 169 Å². The largest absolute Gasteiger partial charge is 0.352 e. The highest BCUT2D eigenvalue weighted by atomic mass is 16.1. The number of carbonyl (C=O) groups is 1. The second-order valence-corrected chi connectivity index (χ2v) is 6.91. The van der Waals surface area contributed by atoms with Gasteiger partial charge in [-0.15, -0.1) is 0 Å². The predicted molar refractivity (Wildman–Crippen MR) is 113 cm³/mol. The van der Waals surface area contributed by atoms with Crippen LogP contribution in [-0.4, -0.2) is 37.0 Å². The van der Waals surface area contributed by atoms with Crippen LogP contribution in [0.4, 0.5) is 0 Å². The van der Waals surface area contributed by atoms with Gasteiger partial charge in [-0.1, -0.05) is 18.2 Å². The first-order chi connectivity index (χ1) is 14.2. The van der Waals surface area contributed by atoms with Crippen molar-refractivity contribution >= 4 is 16.8 Å². The zero-order chi connectivity index (χ0) is 20.2. The standard InChI is InChI=1S/C22H24N6O/c1-3-28-16(2)19(15-25-28)21-14-18(17-8-4-5-9-20(17)26-21)22(29)23-10-6-12-27-13-7-11-24-27/h4-5,7-9,11,13-15H,3,6,10,12H2,1-2H3,(H,23,29). The zero-order valence-corrected chi connectivity index (χ0v) is 16.7. The molecule has 0 bridgehead atoms. The normalized spacial score (nSPS) is 11.1. The van der Waals surface area contributed by atoms with Crippen molar-refractivity contribution in [2.45, 2.75) is 33.4 Å². The number of hydrogen-bond donors (Lipinski definition) is 1. The lowest BCUT2D eigenvalue weighted by molar-refractivity contribution is 0.0954. The number of rotatable bonds is 7. The van der Waals surface area contributed by atoms with Crippen molar-refractivity contribution in [2.75, 3.05) is 6.54 Å². The summed E-state index contributed by atoms with van der Waals surface area (Å²) in [6.45, 7) is 6.23. The summed E-state index contributed by atoms with van der Waals surface area (Å²) in [5.74, 6) is -0.0918. The maximum Gasteiger partial charge on any atom is 0.252 e. The number of hydrogen-bond acceptors (Lipinski definition) is 4. The molecule has 3 aromatic heterocycles. The molecule has 0 aliphatic carbocycles. The van der Waals surface area contributed by atoms with Crippen molar-refractivity contribution in [3.63, 3.8) is 0 Å². The third kappa shape index (κ3) is 3.89. The van der Waals surface area contributed by atoms with Crippen molar-refractivity contribution in [1.29, 1.82) is 0 Å². The second kappa shape index (κ2) is 8.26. The number of benzene rings is 1. The Balaban J connectivity index is 1.60. The molecule has 1 aromatic carbocycles. The first-order valence-corrected chi connectivity index (χ1v) is 9.85. The molecular formula is C22H24N6O. The maximum atomic E-state index is 13.0.